The van der Waals surface area contributed by atoms with Gasteiger partial charge in [-0.05, 0) is 46.3 Å². The third kappa shape index (κ3) is 2.14. The highest BCUT2D eigenvalue weighted by Crippen LogP contribution is 2.33. The quantitative estimate of drug-likeness (QED) is 0.825. The molecule has 90 valence electrons. The molecule has 1 heterocycles. The van der Waals surface area contributed by atoms with Crippen molar-refractivity contribution in [3.63, 3.8) is 0 Å². The molecule has 2 aromatic rings. The molecule has 3 heteroatoms. The molecular weight excluding hydrogens is 292 g/mol. The van der Waals surface area contributed by atoms with Crippen LogP contribution in [-0.2, 0) is 0 Å². The molecule has 0 N–H and O–H groups in total. The van der Waals surface area contributed by atoms with Crippen molar-refractivity contribution in [1.82, 2.24) is 0 Å². The van der Waals surface area contributed by atoms with Crippen LogP contribution in [0.3, 0.4) is 0 Å². The second-order valence-corrected chi connectivity index (χ2v) is 4.76. The summed E-state index contributed by atoms with van der Waals surface area (Å²) in [6, 6.07) is 15.7. The summed E-state index contributed by atoms with van der Waals surface area (Å²) in [6.45, 7) is 0.538. The van der Waals surface area contributed by atoms with E-state index >= 15 is 0 Å². The van der Waals surface area contributed by atoms with E-state index < -0.39 is 0 Å². The van der Waals surface area contributed by atoms with Gasteiger partial charge in [-0.25, -0.2) is 0 Å². The minimum absolute atomic E-state index is 0.538. The molecule has 0 atom stereocenters. The van der Waals surface area contributed by atoms with Gasteiger partial charge in [0.2, 0.25) is 0 Å². The molecule has 2 nitrogen and oxygen atoms in total. The Morgan fingerprint density at radius 1 is 1.00 bits per heavy atom. The number of para-hydroxylation sites is 2. The summed E-state index contributed by atoms with van der Waals surface area (Å²) in [5, 5.41) is 0. The van der Waals surface area contributed by atoms with E-state index in [2.05, 4.69) is 15.9 Å². The largest absolute Gasteiger partial charge is 0.489 e. The van der Waals surface area contributed by atoms with Gasteiger partial charge in [0.1, 0.15) is 23.9 Å². The van der Waals surface area contributed by atoms with Crippen LogP contribution in [0.25, 0.3) is 5.76 Å². The van der Waals surface area contributed by atoms with Gasteiger partial charge >= 0.3 is 0 Å². The third-order valence-corrected chi connectivity index (χ3v) is 3.37. The molecule has 0 saturated heterocycles. The molecule has 0 aromatic heterocycles. The van der Waals surface area contributed by atoms with E-state index in [0.717, 1.165) is 27.3 Å². The van der Waals surface area contributed by atoms with Crippen LogP contribution in [0.2, 0.25) is 0 Å². The summed E-state index contributed by atoms with van der Waals surface area (Å²) in [7, 11) is 0. The number of rotatable bonds is 2. The highest BCUT2D eigenvalue weighted by molar-refractivity contribution is 9.10. The van der Waals surface area contributed by atoms with Gasteiger partial charge in [0.15, 0.2) is 0 Å². The van der Waals surface area contributed by atoms with Crippen molar-refractivity contribution in [1.29, 1.82) is 0 Å². The minimum atomic E-state index is 0.538. The molecule has 0 aliphatic carbocycles. The molecule has 0 amide bonds. The summed E-state index contributed by atoms with van der Waals surface area (Å²) in [5.41, 5.74) is 0.986. The van der Waals surface area contributed by atoms with Crippen LogP contribution >= 0.6 is 15.9 Å². The first-order valence-electron chi connectivity index (χ1n) is 5.69. The number of hydrogen-bond acceptors (Lipinski definition) is 2. The van der Waals surface area contributed by atoms with Crippen molar-refractivity contribution in [2.24, 2.45) is 0 Å². The second-order valence-electron chi connectivity index (χ2n) is 3.91. The summed E-state index contributed by atoms with van der Waals surface area (Å²) in [6.07, 6.45) is 1.95. The van der Waals surface area contributed by atoms with Gasteiger partial charge in [0.25, 0.3) is 0 Å². The van der Waals surface area contributed by atoms with E-state index in [4.69, 9.17) is 9.47 Å². The van der Waals surface area contributed by atoms with Crippen molar-refractivity contribution in [2.45, 2.75) is 0 Å². The molecular formula is C15H11BrO2. The lowest BCUT2D eigenvalue weighted by Gasteiger charge is -2.19. The summed E-state index contributed by atoms with van der Waals surface area (Å²) in [4.78, 5) is 0. The second kappa shape index (κ2) is 4.86. The lowest BCUT2D eigenvalue weighted by Crippen LogP contribution is -2.08. The van der Waals surface area contributed by atoms with Crippen LogP contribution < -0.4 is 9.47 Å². The molecule has 1 aliphatic heterocycles. The van der Waals surface area contributed by atoms with Crippen LogP contribution in [0.5, 0.6) is 11.5 Å². The summed E-state index contributed by atoms with van der Waals surface area (Å²) < 4.78 is 12.4. The van der Waals surface area contributed by atoms with E-state index in [9.17, 15) is 0 Å². The maximum absolute atomic E-state index is 5.95. The fourth-order valence-corrected chi connectivity index (χ4v) is 2.22. The number of ether oxygens (including phenoxy) is 2. The van der Waals surface area contributed by atoms with Crippen LogP contribution in [0.15, 0.2) is 59.1 Å². The van der Waals surface area contributed by atoms with Gasteiger partial charge in [0, 0.05) is 0 Å². The molecule has 0 spiro atoms. The van der Waals surface area contributed by atoms with E-state index in [1.165, 1.54) is 0 Å². The summed E-state index contributed by atoms with van der Waals surface area (Å²) in [5.74, 6) is 2.51. The van der Waals surface area contributed by atoms with Gasteiger partial charge in [-0.2, -0.15) is 0 Å². The van der Waals surface area contributed by atoms with Crippen LogP contribution in [0.1, 0.15) is 5.56 Å². The molecule has 0 radical (unpaired) electrons. The van der Waals surface area contributed by atoms with Gasteiger partial charge in [-0.1, -0.05) is 24.3 Å². The Bertz CT molecular complexity index is 605. The molecule has 1 aliphatic rings. The molecule has 18 heavy (non-hydrogen) atoms. The number of hydrogen-bond donors (Lipinski definition) is 0. The van der Waals surface area contributed by atoms with Crippen molar-refractivity contribution >= 4 is 21.7 Å². The minimum Gasteiger partial charge on any atom is -0.489 e. The van der Waals surface area contributed by atoms with Crippen LogP contribution in [-0.4, -0.2) is 6.61 Å². The Hall–Kier alpha value is -1.74. The Morgan fingerprint density at radius 3 is 2.67 bits per heavy atom. The third-order valence-electron chi connectivity index (χ3n) is 2.72. The standard InChI is InChI=1S/C15H11BrO2/c16-12-6-2-4-8-15(12)18-14-9-10-17-13-7-3-1-5-11(13)14/h1-9H,10H2. The smallest absolute Gasteiger partial charge is 0.141 e. The molecule has 0 unspecified atom stereocenters. The first kappa shape index (κ1) is 11.4. The maximum atomic E-state index is 5.95. The monoisotopic (exact) mass is 302 g/mol. The first-order valence-corrected chi connectivity index (χ1v) is 6.48. The summed E-state index contributed by atoms with van der Waals surface area (Å²) >= 11 is 3.48. The van der Waals surface area contributed by atoms with Crippen LogP contribution in [0.4, 0.5) is 0 Å². The Balaban J connectivity index is 1.95. The van der Waals surface area contributed by atoms with Crippen LogP contribution in [0, 0.1) is 0 Å². The zero-order valence-corrected chi connectivity index (χ0v) is 11.2. The molecule has 0 saturated carbocycles. The van der Waals surface area contributed by atoms with Crippen molar-refractivity contribution < 1.29 is 9.47 Å². The number of fused-ring (bicyclic) bond motifs is 1. The Morgan fingerprint density at radius 2 is 1.78 bits per heavy atom. The fraction of sp³-hybridized carbons (Fsp3) is 0.0667. The van der Waals surface area contributed by atoms with Gasteiger partial charge in [-0.15, -0.1) is 0 Å². The van der Waals surface area contributed by atoms with E-state index in [1.54, 1.807) is 0 Å². The predicted octanol–water partition coefficient (Wildman–Crippen LogP) is 4.26. The lowest BCUT2D eigenvalue weighted by molar-refractivity contribution is 0.347. The van der Waals surface area contributed by atoms with Gasteiger partial charge in [0.05, 0.1) is 10.0 Å². The van der Waals surface area contributed by atoms with E-state index in [-0.39, 0.29) is 0 Å². The van der Waals surface area contributed by atoms with E-state index in [1.807, 2.05) is 54.6 Å². The van der Waals surface area contributed by atoms with Crippen molar-refractivity contribution in [3.8, 4) is 11.5 Å². The highest BCUT2D eigenvalue weighted by atomic mass is 79.9. The maximum Gasteiger partial charge on any atom is 0.141 e. The molecule has 3 rings (SSSR count). The zero-order valence-electron chi connectivity index (χ0n) is 9.60. The van der Waals surface area contributed by atoms with Gasteiger partial charge < -0.3 is 9.47 Å². The Kier molecular flexibility index (Phi) is 3.07. The fourth-order valence-electron chi connectivity index (χ4n) is 1.86. The average molecular weight is 303 g/mol. The molecule has 0 bridgehead atoms. The van der Waals surface area contributed by atoms with Crippen molar-refractivity contribution in [3.05, 3.63) is 64.6 Å². The topological polar surface area (TPSA) is 18.5 Å². The van der Waals surface area contributed by atoms with Crippen molar-refractivity contribution in [2.75, 3.05) is 6.61 Å². The predicted molar refractivity (Wildman–Crippen MR) is 74.7 cm³/mol. The molecule has 2 aromatic carbocycles. The normalized spacial score (nSPS) is 13.3. The zero-order chi connectivity index (χ0) is 12.4. The SMILES string of the molecule is Brc1ccccc1OC1=CCOc2ccccc21. The lowest BCUT2D eigenvalue weighted by atomic mass is 10.1. The molecule has 0 fully saturated rings. The van der Waals surface area contributed by atoms with E-state index in [0.29, 0.717) is 6.61 Å². The number of benzene rings is 2. The number of halogens is 1. The average Bonchev–Trinajstić information content (AvgIpc) is 2.42. The first-order chi connectivity index (χ1) is 8.84. The Labute approximate surface area is 114 Å². The highest BCUT2D eigenvalue weighted by Gasteiger charge is 2.15. The van der Waals surface area contributed by atoms with Gasteiger partial charge in [-0.3, -0.25) is 0 Å².